The highest BCUT2D eigenvalue weighted by molar-refractivity contribution is 7.86. The van der Waals surface area contributed by atoms with Gasteiger partial charge in [0.2, 0.25) is 0 Å². The molecule has 0 heterocycles. The molecule has 0 N–H and O–H groups in total. The highest BCUT2D eigenvalue weighted by atomic mass is 32.2. The summed E-state index contributed by atoms with van der Waals surface area (Å²) in [4.78, 5) is 0. The first-order chi connectivity index (χ1) is 8.08. The smallest absolute Gasteiger partial charge is 0.265 e. The molecular weight excluding hydrogens is 280 g/mol. The van der Waals surface area contributed by atoms with Crippen LogP contribution in [-0.2, 0) is 28.6 Å². The second kappa shape index (κ2) is 5.28. The van der Waals surface area contributed by atoms with E-state index in [-0.39, 0.29) is 12.5 Å². The highest BCUT2D eigenvalue weighted by Gasteiger charge is 2.55. The Morgan fingerprint density at radius 3 is 2.28 bits per heavy atom. The topological polar surface area (TPSA) is 86.7 Å². The summed E-state index contributed by atoms with van der Waals surface area (Å²) in [6.45, 7) is 1.81. The quantitative estimate of drug-likeness (QED) is 0.507. The van der Waals surface area contributed by atoms with Crippen LogP contribution in [0.1, 0.15) is 19.8 Å². The first-order valence-corrected chi connectivity index (χ1v) is 9.10. The van der Waals surface area contributed by atoms with Crippen molar-refractivity contribution in [3.8, 4) is 0 Å². The van der Waals surface area contributed by atoms with Crippen LogP contribution in [0.5, 0.6) is 0 Å². The van der Waals surface area contributed by atoms with Gasteiger partial charge < -0.3 is 0 Å². The Labute approximate surface area is 108 Å². The van der Waals surface area contributed by atoms with Gasteiger partial charge in [-0.25, -0.2) is 0 Å². The van der Waals surface area contributed by atoms with Gasteiger partial charge in [-0.1, -0.05) is 12.2 Å². The largest absolute Gasteiger partial charge is 0.270 e. The van der Waals surface area contributed by atoms with Crippen molar-refractivity contribution in [2.75, 3.05) is 19.1 Å². The van der Waals surface area contributed by atoms with Crippen molar-refractivity contribution < 1.29 is 25.2 Å². The molecule has 18 heavy (non-hydrogen) atoms. The lowest BCUT2D eigenvalue weighted by atomic mass is 10.2. The van der Waals surface area contributed by atoms with Crippen LogP contribution in [0.4, 0.5) is 0 Å². The predicted molar refractivity (Wildman–Crippen MR) is 67.0 cm³/mol. The normalized spacial score (nSPS) is 28.7. The van der Waals surface area contributed by atoms with Crippen LogP contribution < -0.4 is 0 Å². The Kier molecular flexibility index (Phi) is 4.58. The molecule has 106 valence electrons. The molecule has 1 fully saturated rings. The van der Waals surface area contributed by atoms with Gasteiger partial charge in [-0.2, -0.15) is 16.8 Å². The molecule has 2 atom stereocenters. The third kappa shape index (κ3) is 5.05. The molecule has 0 aromatic heterocycles. The number of rotatable bonds is 7. The van der Waals surface area contributed by atoms with E-state index in [0.29, 0.717) is 12.8 Å². The second-order valence-corrected chi connectivity index (χ2v) is 7.68. The van der Waals surface area contributed by atoms with Crippen molar-refractivity contribution in [3.05, 3.63) is 12.2 Å². The lowest BCUT2D eigenvalue weighted by Crippen LogP contribution is -2.20. The van der Waals surface area contributed by atoms with Gasteiger partial charge in [0.25, 0.3) is 20.2 Å². The van der Waals surface area contributed by atoms with E-state index in [1.165, 1.54) is 0 Å². The van der Waals surface area contributed by atoms with Gasteiger partial charge in [0.15, 0.2) is 0 Å². The average Bonchev–Trinajstić information content (AvgIpc) is 2.73. The van der Waals surface area contributed by atoms with Gasteiger partial charge in [-0.15, -0.1) is 0 Å². The minimum absolute atomic E-state index is 0.0369. The van der Waals surface area contributed by atoms with Gasteiger partial charge in [0.05, 0.1) is 19.1 Å². The molecule has 0 aliphatic heterocycles. The third-order valence-electron chi connectivity index (χ3n) is 2.62. The van der Waals surface area contributed by atoms with Crippen LogP contribution in [0, 0.1) is 5.92 Å². The van der Waals surface area contributed by atoms with E-state index in [0.717, 1.165) is 12.5 Å². The second-order valence-electron chi connectivity index (χ2n) is 4.46. The molecule has 0 spiro atoms. The standard InChI is InChI=1S/C10H18O6S2/c1-4-6-10(16-18(3,13)14)8-9(10)5-7-15-17(2,11)12/h4,6,9H,5,7-8H2,1-3H3/b6-4+/t9-,10+/m1/s1. The van der Waals surface area contributed by atoms with Crippen molar-refractivity contribution >= 4 is 20.2 Å². The monoisotopic (exact) mass is 298 g/mol. The number of hydrogen-bond acceptors (Lipinski definition) is 6. The summed E-state index contributed by atoms with van der Waals surface area (Å²) in [5, 5.41) is 0. The van der Waals surface area contributed by atoms with E-state index in [4.69, 9.17) is 4.18 Å². The minimum atomic E-state index is -3.54. The van der Waals surface area contributed by atoms with Crippen LogP contribution >= 0.6 is 0 Å². The summed E-state index contributed by atoms with van der Waals surface area (Å²) >= 11 is 0. The fourth-order valence-corrected chi connectivity index (χ4v) is 3.13. The Hall–Kier alpha value is -0.440. The van der Waals surface area contributed by atoms with Crippen molar-refractivity contribution in [2.24, 2.45) is 5.92 Å². The van der Waals surface area contributed by atoms with Gasteiger partial charge >= 0.3 is 0 Å². The van der Waals surface area contributed by atoms with Gasteiger partial charge in [0, 0.05) is 0 Å². The number of allylic oxidation sites excluding steroid dienone is 1. The van der Waals surface area contributed by atoms with Gasteiger partial charge in [0.1, 0.15) is 5.60 Å². The summed E-state index contributed by atoms with van der Waals surface area (Å²) in [6.07, 6.45) is 6.39. The van der Waals surface area contributed by atoms with Crippen molar-refractivity contribution in [1.29, 1.82) is 0 Å². The zero-order chi connectivity index (χ0) is 14.0. The van der Waals surface area contributed by atoms with Gasteiger partial charge in [-0.3, -0.25) is 8.37 Å². The van der Waals surface area contributed by atoms with Crippen LogP contribution in [-0.4, -0.2) is 41.6 Å². The minimum Gasteiger partial charge on any atom is -0.270 e. The lowest BCUT2D eigenvalue weighted by Gasteiger charge is -2.12. The predicted octanol–water partition coefficient (Wildman–Crippen LogP) is 0.664. The maximum Gasteiger partial charge on any atom is 0.265 e. The van der Waals surface area contributed by atoms with Crippen LogP contribution in [0.3, 0.4) is 0 Å². The zero-order valence-electron chi connectivity index (χ0n) is 10.6. The maximum absolute atomic E-state index is 11.2. The maximum atomic E-state index is 11.2. The molecule has 0 aromatic rings. The van der Waals surface area contributed by atoms with E-state index in [1.807, 2.05) is 0 Å². The fraction of sp³-hybridized carbons (Fsp3) is 0.800. The Morgan fingerprint density at radius 1 is 1.22 bits per heavy atom. The molecular formula is C10H18O6S2. The SMILES string of the molecule is C/C=C/[C@]1(OS(C)(=O)=O)C[C@H]1CCOS(C)(=O)=O. The van der Waals surface area contributed by atoms with Crippen LogP contribution in [0.15, 0.2) is 12.2 Å². The molecule has 6 nitrogen and oxygen atoms in total. The molecule has 0 saturated heterocycles. The van der Waals surface area contributed by atoms with Crippen molar-refractivity contribution in [2.45, 2.75) is 25.4 Å². The average molecular weight is 298 g/mol. The number of hydrogen-bond donors (Lipinski definition) is 0. The van der Waals surface area contributed by atoms with Crippen molar-refractivity contribution in [1.82, 2.24) is 0 Å². The molecule has 0 amide bonds. The molecule has 1 rings (SSSR count). The van der Waals surface area contributed by atoms with Gasteiger partial charge in [-0.05, 0) is 25.7 Å². The van der Waals surface area contributed by atoms with Crippen LogP contribution in [0.25, 0.3) is 0 Å². The molecule has 1 saturated carbocycles. The summed E-state index contributed by atoms with van der Waals surface area (Å²) in [5.41, 5.74) is -0.816. The first kappa shape index (κ1) is 15.6. The molecule has 0 bridgehead atoms. The molecule has 8 heteroatoms. The molecule has 1 aliphatic rings. The fourth-order valence-electron chi connectivity index (χ4n) is 1.91. The third-order valence-corrected chi connectivity index (χ3v) is 3.82. The Bertz CT molecular complexity index is 519. The van der Waals surface area contributed by atoms with E-state index in [2.05, 4.69) is 4.18 Å². The first-order valence-electron chi connectivity index (χ1n) is 5.47. The molecule has 1 aliphatic carbocycles. The molecule has 0 aromatic carbocycles. The zero-order valence-corrected chi connectivity index (χ0v) is 12.3. The Balaban J connectivity index is 2.56. The summed E-state index contributed by atoms with van der Waals surface area (Å²) in [6, 6.07) is 0. The summed E-state index contributed by atoms with van der Waals surface area (Å²) in [5.74, 6) is -0.0369. The lowest BCUT2D eigenvalue weighted by molar-refractivity contribution is 0.207. The Morgan fingerprint density at radius 2 is 1.83 bits per heavy atom. The molecule has 0 unspecified atom stereocenters. The van der Waals surface area contributed by atoms with E-state index < -0.39 is 25.8 Å². The van der Waals surface area contributed by atoms with Crippen molar-refractivity contribution in [3.63, 3.8) is 0 Å². The highest BCUT2D eigenvalue weighted by Crippen LogP contribution is 2.51. The summed E-state index contributed by atoms with van der Waals surface area (Å²) < 4.78 is 53.6. The van der Waals surface area contributed by atoms with E-state index in [1.54, 1.807) is 19.1 Å². The van der Waals surface area contributed by atoms with Crippen LogP contribution in [0.2, 0.25) is 0 Å². The van der Waals surface area contributed by atoms with E-state index >= 15 is 0 Å². The van der Waals surface area contributed by atoms with E-state index in [9.17, 15) is 16.8 Å². The summed E-state index contributed by atoms with van der Waals surface area (Å²) in [7, 11) is -6.99. The molecule has 0 radical (unpaired) electrons.